The minimum absolute atomic E-state index is 0.156. The van der Waals surface area contributed by atoms with E-state index >= 15 is 0 Å². The van der Waals surface area contributed by atoms with Crippen LogP contribution in [0.4, 0.5) is 5.82 Å². The normalized spacial score (nSPS) is 16.9. The second-order valence-electron chi connectivity index (χ2n) is 6.07. The fourth-order valence-electron chi connectivity index (χ4n) is 3.40. The van der Waals surface area contributed by atoms with E-state index < -0.39 is 5.91 Å². The summed E-state index contributed by atoms with van der Waals surface area (Å²) in [5.74, 6) is 0.236. The number of amides is 1. The first-order valence-corrected chi connectivity index (χ1v) is 8.08. The summed E-state index contributed by atoms with van der Waals surface area (Å²) in [5.41, 5.74) is 7.92. The first-order valence-electron chi connectivity index (χ1n) is 8.08. The van der Waals surface area contributed by atoms with E-state index in [0.29, 0.717) is 16.8 Å². The molecule has 0 radical (unpaired) electrons. The summed E-state index contributed by atoms with van der Waals surface area (Å²) in [5, 5.41) is 13.2. The Labute approximate surface area is 144 Å². The number of hydrogen-bond donors (Lipinski definition) is 1. The van der Waals surface area contributed by atoms with E-state index in [-0.39, 0.29) is 6.04 Å². The molecule has 3 heterocycles. The van der Waals surface area contributed by atoms with Gasteiger partial charge in [-0.2, -0.15) is 10.4 Å². The van der Waals surface area contributed by atoms with Gasteiger partial charge in [0, 0.05) is 12.7 Å². The van der Waals surface area contributed by atoms with E-state index in [0.717, 1.165) is 30.8 Å². The molecule has 1 saturated heterocycles. The van der Waals surface area contributed by atoms with Gasteiger partial charge in [-0.05, 0) is 36.6 Å². The number of fused-ring (bicyclic) bond motifs is 1. The van der Waals surface area contributed by atoms with E-state index in [1.54, 1.807) is 16.8 Å². The lowest BCUT2D eigenvalue weighted by Gasteiger charge is -2.26. The maximum atomic E-state index is 11.5. The highest BCUT2D eigenvalue weighted by Gasteiger charge is 2.28. The fraction of sp³-hybridized carbons (Fsp3) is 0.222. The molecule has 124 valence electrons. The number of benzene rings is 1. The Kier molecular flexibility index (Phi) is 3.58. The van der Waals surface area contributed by atoms with E-state index in [2.05, 4.69) is 21.1 Å². The average molecular weight is 332 g/mol. The molecular weight excluding hydrogens is 316 g/mol. The summed E-state index contributed by atoms with van der Waals surface area (Å²) in [4.78, 5) is 18.4. The number of aromatic nitrogens is 3. The van der Waals surface area contributed by atoms with Crippen molar-refractivity contribution < 1.29 is 4.79 Å². The summed E-state index contributed by atoms with van der Waals surface area (Å²) >= 11 is 0. The number of anilines is 1. The molecule has 7 nitrogen and oxygen atoms in total. The molecule has 2 N–H and O–H groups in total. The fourth-order valence-corrected chi connectivity index (χ4v) is 3.40. The van der Waals surface area contributed by atoms with Crippen molar-refractivity contribution in [3.63, 3.8) is 0 Å². The molecule has 2 aromatic heterocycles. The van der Waals surface area contributed by atoms with E-state index in [1.807, 2.05) is 24.3 Å². The highest BCUT2D eigenvalue weighted by atomic mass is 16.1. The van der Waals surface area contributed by atoms with Gasteiger partial charge in [-0.15, -0.1) is 0 Å². The number of carbonyl (C=O) groups is 1. The Morgan fingerprint density at radius 3 is 3.04 bits per heavy atom. The third kappa shape index (κ3) is 2.58. The van der Waals surface area contributed by atoms with Crippen LogP contribution in [0.1, 0.15) is 40.4 Å². The average Bonchev–Trinajstić information content (AvgIpc) is 3.28. The standard InChI is InChI=1S/C18H16N6O/c19-10-12-3-1-4-13(9-12)15-5-2-7-23(15)16-6-8-24-18(22-16)14(11-21-24)17(20)25/h1,3-4,6,8-9,11,15H,2,5,7H2,(H2,20,25)/t15-/m1/s1. The number of carbonyl (C=O) groups excluding carboxylic acids is 1. The van der Waals surface area contributed by atoms with Crippen LogP contribution in [0.25, 0.3) is 5.65 Å². The Hall–Kier alpha value is -3.40. The lowest BCUT2D eigenvalue weighted by atomic mass is 10.0. The molecule has 1 atom stereocenters. The third-order valence-electron chi connectivity index (χ3n) is 4.57. The van der Waals surface area contributed by atoms with Gasteiger partial charge in [0.25, 0.3) is 5.91 Å². The van der Waals surface area contributed by atoms with Crippen LogP contribution >= 0.6 is 0 Å². The second kappa shape index (κ2) is 5.91. The summed E-state index contributed by atoms with van der Waals surface area (Å²) in [6.07, 6.45) is 5.25. The Morgan fingerprint density at radius 1 is 1.36 bits per heavy atom. The van der Waals surface area contributed by atoms with Gasteiger partial charge >= 0.3 is 0 Å². The van der Waals surface area contributed by atoms with Crippen LogP contribution in [0.5, 0.6) is 0 Å². The number of hydrogen-bond acceptors (Lipinski definition) is 5. The maximum absolute atomic E-state index is 11.5. The number of primary amides is 1. The van der Waals surface area contributed by atoms with Crippen molar-refractivity contribution in [1.82, 2.24) is 14.6 Å². The Bertz CT molecular complexity index is 1000. The highest BCUT2D eigenvalue weighted by Crippen LogP contribution is 2.35. The third-order valence-corrected chi connectivity index (χ3v) is 4.57. The minimum atomic E-state index is -0.542. The van der Waals surface area contributed by atoms with Crippen molar-refractivity contribution in [3.8, 4) is 6.07 Å². The zero-order valence-corrected chi connectivity index (χ0v) is 13.5. The van der Waals surface area contributed by atoms with Crippen LogP contribution in [-0.4, -0.2) is 27.0 Å². The Balaban J connectivity index is 1.75. The lowest BCUT2D eigenvalue weighted by molar-refractivity contribution is 0.100. The molecule has 1 amide bonds. The quantitative estimate of drug-likeness (QED) is 0.791. The molecule has 0 saturated carbocycles. The zero-order valence-electron chi connectivity index (χ0n) is 13.5. The first kappa shape index (κ1) is 15.1. The van der Waals surface area contributed by atoms with Crippen LogP contribution in [0.2, 0.25) is 0 Å². The molecule has 3 aromatic rings. The molecule has 0 spiro atoms. The molecular formula is C18H16N6O. The van der Waals surface area contributed by atoms with Crippen LogP contribution in [0.3, 0.4) is 0 Å². The van der Waals surface area contributed by atoms with E-state index in [4.69, 9.17) is 11.0 Å². The Morgan fingerprint density at radius 2 is 2.24 bits per heavy atom. The van der Waals surface area contributed by atoms with Gasteiger partial charge < -0.3 is 10.6 Å². The van der Waals surface area contributed by atoms with Crippen molar-refractivity contribution in [2.45, 2.75) is 18.9 Å². The molecule has 1 fully saturated rings. The van der Waals surface area contributed by atoms with Crippen molar-refractivity contribution in [2.75, 3.05) is 11.4 Å². The van der Waals surface area contributed by atoms with Gasteiger partial charge in [-0.3, -0.25) is 4.79 Å². The number of nitrogens with zero attached hydrogens (tertiary/aromatic N) is 5. The predicted molar refractivity (Wildman–Crippen MR) is 92.0 cm³/mol. The monoisotopic (exact) mass is 332 g/mol. The topological polar surface area (TPSA) is 100 Å². The number of rotatable bonds is 3. The van der Waals surface area contributed by atoms with Gasteiger partial charge in [0.05, 0.1) is 23.9 Å². The first-order chi connectivity index (χ1) is 12.2. The van der Waals surface area contributed by atoms with Crippen molar-refractivity contribution in [2.24, 2.45) is 5.73 Å². The largest absolute Gasteiger partial charge is 0.365 e. The van der Waals surface area contributed by atoms with Gasteiger partial charge in [0.2, 0.25) is 0 Å². The zero-order chi connectivity index (χ0) is 17.4. The number of nitriles is 1. The van der Waals surface area contributed by atoms with Gasteiger partial charge in [-0.25, -0.2) is 9.50 Å². The van der Waals surface area contributed by atoms with Crippen LogP contribution in [-0.2, 0) is 0 Å². The minimum Gasteiger partial charge on any atom is -0.365 e. The molecule has 1 aliphatic rings. The molecule has 25 heavy (non-hydrogen) atoms. The SMILES string of the molecule is N#Cc1cccc([C@H]2CCCN2c2ccn3ncc(C(N)=O)c3n2)c1. The van der Waals surface area contributed by atoms with Crippen LogP contribution in [0.15, 0.2) is 42.7 Å². The van der Waals surface area contributed by atoms with Crippen molar-refractivity contribution in [1.29, 1.82) is 5.26 Å². The molecule has 0 unspecified atom stereocenters. The lowest BCUT2D eigenvalue weighted by Crippen LogP contribution is -2.24. The van der Waals surface area contributed by atoms with E-state index in [1.165, 1.54) is 6.20 Å². The summed E-state index contributed by atoms with van der Waals surface area (Å²) in [6, 6.07) is 11.9. The van der Waals surface area contributed by atoms with Crippen molar-refractivity contribution >= 4 is 17.4 Å². The highest BCUT2D eigenvalue weighted by molar-refractivity contribution is 5.98. The molecule has 0 bridgehead atoms. The molecule has 4 rings (SSSR count). The molecule has 7 heteroatoms. The molecule has 0 aliphatic carbocycles. The molecule has 1 aromatic carbocycles. The van der Waals surface area contributed by atoms with Gasteiger partial charge in [0.15, 0.2) is 5.65 Å². The van der Waals surface area contributed by atoms with Crippen molar-refractivity contribution in [3.05, 3.63) is 59.4 Å². The van der Waals surface area contributed by atoms with E-state index in [9.17, 15) is 4.79 Å². The van der Waals surface area contributed by atoms with Gasteiger partial charge in [0.1, 0.15) is 11.4 Å². The summed E-state index contributed by atoms with van der Waals surface area (Å²) < 4.78 is 1.55. The van der Waals surface area contributed by atoms with Gasteiger partial charge in [-0.1, -0.05) is 12.1 Å². The molecule has 1 aliphatic heterocycles. The smallest absolute Gasteiger partial charge is 0.254 e. The summed E-state index contributed by atoms with van der Waals surface area (Å²) in [7, 11) is 0. The summed E-state index contributed by atoms with van der Waals surface area (Å²) in [6.45, 7) is 0.866. The van der Waals surface area contributed by atoms with Crippen LogP contribution in [0, 0.1) is 11.3 Å². The van der Waals surface area contributed by atoms with Crippen LogP contribution < -0.4 is 10.6 Å². The predicted octanol–water partition coefficient (Wildman–Crippen LogP) is 2.04. The maximum Gasteiger partial charge on any atom is 0.254 e. The number of nitrogens with two attached hydrogens (primary N) is 1. The second-order valence-corrected chi connectivity index (χ2v) is 6.07.